The third kappa shape index (κ3) is 4.05. The van der Waals surface area contributed by atoms with Gasteiger partial charge < -0.3 is 25.4 Å². The van der Waals surface area contributed by atoms with Gasteiger partial charge >= 0.3 is 0 Å². The molecular weight excluding hydrogens is 559 g/mol. The Balaban J connectivity index is 1.54. The Morgan fingerprint density at radius 3 is 2.91 bits per heavy atom. The molecule has 2 aromatic heterocycles. The topological polar surface area (TPSA) is 125 Å². The number of nitrogens with one attached hydrogen (secondary N) is 2. The number of hydrogen-bond donors (Lipinski definition) is 4. The number of aromatic nitrogens is 4. The second-order valence-corrected chi connectivity index (χ2v) is 10.4. The summed E-state index contributed by atoms with van der Waals surface area (Å²) in [6, 6.07) is 7.64. The number of hydrogen-bond acceptors (Lipinski definition) is 7. The Hall–Kier alpha value is -2.75. The second kappa shape index (κ2) is 9.37. The maximum absolute atomic E-state index is 12.5. The fourth-order valence-electron chi connectivity index (χ4n) is 5.20. The predicted octanol–water partition coefficient (Wildman–Crippen LogP) is 2.22. The Kier molecular flexibility index (Phi) is 6.41. The van der Waals surface area contributed by atoms with Crippen molar-refractivity contribution < 1.29 is 15.0 Å². The van der Waals surface area contributed by atoms with Crippen LogP contribution in [-0.2, 0) is 11.3 Å². The van der Waals surface area contributed by atoms with E-state index in [0.717, 1.165) is 22.0 Å². The highest BCUT2D eigenvalue weighted by atomic mass is 127. The number of rotatable bonds is 6. The van der Waals surface area contributed by atoms with Crippen LogP contribution in [0.25, 0.3) is 11.2 Å². The third-order valence-corrected chi connectivity index (χ3v) is 7.66. The minimum absolute atomic E-state index is 0.211. The third-order valence-electron chi connectivity index (χ3n) is 6.99. The van der Waals surface area contributed by atoms with Crippen LogP contribution in [0.15, 0.2) is 30.6 Å². The van der Waals surface area contributed by atoms with Gasteiger partial charge in [-0.05, 0) is 59.0 Å². The first-order valence-electron chi connectivity index (χ1n) is 11.7. The quantitative estimate of drug-likeness (QED) is 0.258. The highest BCUT2D eigenvalue weighted by Gasteiger charge is 2.75. The number of benzene rings is 1. The van der Waals surface area contributed by atoms with Crippen LogP contribution < -0.4 is 10.6 Å². The molecule has 182 valence electrons. The standard InChI is InChI=1S/C25H27IN6O3/c1-3-4-5-9-17-30-22(28-12-14-7-6-8-15(26)10-14)18-23(31-17)32(13-29-18)19-16-11-25(16,24(35)27-2)21(34)20(19)33/h6-8,10,13,16,19-21,33-34H,3-4,11-12H2,1-2H3,(H,27,35)(H,28,30,31)/t16-,19-,20+,21+,25+/m1/s1. The molecule has 3 aromatic rings. The van der Waals surface area contributed by atoms with E-state index in [9.17, 15) is 15.0 Å². The van der Waals surface area contributed by atoms with Crippen LogP contribution in [0.4, 0.5) is 5.82 Å². The van der Waals surface area contributed by atoms with Crippen molar-refractivity contribution in [2.24, 2.45) is 11.3 Å². The lowest BCUT2D eigenvalue weighted by Crippen LogP contribution is -2.41. The average Bonchev–Trinajstić information content (AvgIpc) is 3.39. The first-order valence-corrected chi connectivity index (χ1v) is 12.8. The molecule has 0 aliphatic heterocycles. The lowest BCUT2D eigenvalue weighted by molar-refractivity contribution is -0.132. The molecule has 0 unspecified atom stereocenters. The van der Waals surface area contributed by atoms with Crippen LogP contribution in [0.1, 0.15) is 43.6 Å². The first kappa shape index (κ1) is 24.0. The van der Waals surface area contributed by atoms with Gasteiger partial charge in [-0.15, -0.1) is 0 Å². The molecule has 5 rings (SSSR count). The summed E-state index contributed by atoms with van der Waals surface area (Å²) in [6.45, 7) is 2.61. The number of imidazole rings is 1. The molecule has 1 aromatic carbocycles. The van der Waals surface area contributed by atoms with Crippen molar-refractivity contribution in [3.8, 4) is 11.8 Å². The van der Waals surface area contributed by atoms with Crippen LogP contribution in [0.5, 0.6) is 0 Å². The number of aliphatic hydroxyl groups excluding tert-OH is 2. The molecule has 4 N–H and O–H groups in total. The smallest absolute Gasteiger partial charge is 0.229 e. The van der Waals surface area contributed by atoms with E-state index in [-0.39, 0.29) is 11.8 Å². The van der Waals surface area contributed by atoms with Gasteiger partial charge in [0.25, 0.3) is 0 Å². The molecule has 1 amide bonds. The van der Waals surface area contributed by atoms with Crippen molar-refractivity contribution in [1.82, 2.24) is 24.8 Å². The Labute approximate surface area is 216 Å². The summed E-state index contributed by atoms with van der Waals surface area (Å²) in [5, 5.41) is 27.7. The summed E-state index contributed by atoms with van der Waals surface area (Å²) in [6.07, 6.45) is 1.50. The van der Waals surface area contributed by atoms with Crippen molar-refractivity contribution in [1.29, 1.82) is 0 Å². The zero-order valence-corrected chi connectivity index (χ0v) is 21.7. The van der Waals surface area contributed by atoms with E-state index < -0.39 is 23.7 Å². The van der Waals surface area contributed by atoms with E-state index in [0.29, 0.717) is 35.8 Å². The predicted molar refractivity (Wildman–Crippen MR) is 139 cm³/mol. The van der Waals surface area contributed by atoms with Gasteiger partial charge in [0.15, 0.2) is 17.0 Å². The first-order chi connectivity index (χ1) is 16.9. The van der Waals surface area contributed by atoms with Crippen molar-refractivity contribution in [3.63, 3.8) is 0 Å². The largest absolute Gasteiger partial charge is 0.389 e. The van der Waals surface area contributed by atoms with E-state index in [4.69, 9.17) is 0 Å². The molecule has 2 heterocycles. The minimum atomic E-state index is -1.15. The molecular formula is C25H27IN6O3. The van der Waals surface area contributed by atoms with Gasteiger partial charge in [-0.25, -0.2) is 15.0 Å². The Bertz CT molecular complexity index is 1350. The van der Waals surface area contributed by atoms with Gasteiger partial charge in [-0.3, -0.25) is 4.79 Å². The molecule has 10 heteroatoms. The highest BCUT2D eigenvalue weighted by Crippen LogP contribution is 2.67. The molecule has 0 spiro atoms. The Morgan fingerprint density at radius 2 is 2.17 bits per heavy atom. The monoisotopic (exact) mass is 586 g/mol. The number of anilines is 1. The maximum atomic E-state index is 12.5. The molecule has 2 aliphatic carbocycles. The number of unbranched alkanes of at least 4 members (excludes halogenated alkanes) is 1. The van der Waals surface area contributed by atoms with Crippen LogP contribution in [-0.4, -0.2) is 54.9 Å². The van der Waals surface area contributed by atoms with Crippen molar-refractivity contribution in [2.75, 3.05) is 12.4 Å². The summed E-state index contributed by atoms with van der Waals surface area (Å²) in [5.41, 5.74) is 1.19. The van der Waals surface area contributed by atoms with Crippen LogP contribution in [0, 0.1) is 26.7 Å². The van der Waals surface area contributed by atoms with E-state index in [1.807, 2.05) is 18.2 Å². The SMILES string of the molecule is CCCC#Cc1nc(NCc2cccc(I)c2)c2ncn([C@H]3[C@H](O)[C@H](O)[C@]4(C(=O)NC)C[C@H]34)c2n1. The molecule has 35 heavy (non-hydrogen) atoms. The minimum Gasteiger partial charge on any atom is -0.389 e. The molecule has 2 saturated carbocycles. The number of amides is 1. The second-order valence-electron chi connectivity index (χ2n) is 9.11. The van der Waals surface area contributed by atoms with E-state index >= 15 is 0 Å². The molecule has 5 atom stereocenters. The summed E-state index contributed by atoms with van der Waals surface area (Å²) in [5.74, 6) is 6.58. The van der Waals surface area contributed by atoms with Crippen LogP contribution in [0.2, 0.25) is 0 Å². The summed E-state index contributed by atoms with van der Waals surface area (Å²) < 4.78 is 2.91. The fraction of sp³-hybridized carbons (Fsp3) is 0.440. The van der Waals surface area contributed by atoms with Gasteiger partial charge in [0.05, 0.1) is 23.9 Å². The van der Waals surface area contributed by atoms with E-state index in [1.54, 1.807) is 17.9 Å². The maximum Gasteiger partial charge on any atom is 0.229 e. The summed E-state index contributed by atoms with van der Waals surface area (Å²) >= 11 is 2.28. The molecule has 0 radical (unpaired) electrons. The fourth-order valence-corrected chi connectivity index (χ4v) is 5.81. The lowest BCUT2D eigenvalue weighted by Gasteiger charge is -2.23. The molecule has 9 nitrogen and oxygen atoms in total. The number of carbonyl (C=O) groups is 1. The van der Waals surface area contributed by atoms with E-state index in [1.165, 1.54) is 0 Å². The summed E-state index contributed by atoms with van der Waals surface area (Å²) in [4.78, 5) is 26.4. The molecule has 2 fully saturated rings. The van der Waals surface area contributed by atoms with Gasteiger partial charge in [0.2, 0.25) is 11.7 Å². The van der Waals surface area contributed by atoms with Crippen LogP contribution >= 0.6 is 22.6 Å². The molecule has 0 bridgehead atoms. The van der Waals surface area contributed by atoms with Gasteiger partial charge in [-0.1, -0.05) is 25.0 Å². The number of carbonyl (C=O) groups excluding carboxylic acids is 1. The number of fused-ring (bicyclic) bond motifs is 2. The van der Waals surface area contributed by atoms with Crippen molar-refractivity contribution in [3.05, 3.63) is 45.6 Å². The lowest BCUT2D eigenvalue weighted by atomic mass is 9.98. The number of nitrogens with zero attached hydrogens (tertiary/aromatic N) is 4. The average molecular weight is 586 g/mol. The zero-order valence-electron chi connectivity index (χ0n) is 19.5. The summed E-state index contributed by atoms with van der Waals surface area (Å²) in [7, 11) is 1.55. The normalized spacial score (nSPS) is 26.7. The number of aliphatic hydroxyl groups is 2. The zero-order chi connectivity index (χ0) is 24.7. The molecule has 0 saturated heterocycles. The van der Waals surface area contributed by atoms with Crippen LogP contribution in [0.3, 0.4) is 0 Å². The van der Waals surface area contributed by atoms with Gasteiger partial charge in [-0.2, -0.15) is 0 Å². The van der Waals surface area contributed by atoms with Crippen molar-refractivity contribution >= 4 is 45.5 Å². The Morgan fingerprint density at radius 1 is 1.34 bits per heavy atom. The van der Waals surface area contributed by atoms with Gasteiger partial charge in [0, 0.05) is 29.5 Å². The van der Waals surface area contributed by atoms with E-state index in [2.05, 4.69) is 73.0 Å². The van der Waals surface area contributed by atoms with Crippen molar-refractivity contribution in [2.45, 2.75) is 51.0 Å². The highest BCUT2D eigenvalue weighted by molar-refractivity contribution is 14.1. The number of halogens is 1. The van der Waals surface area contributed by atoms with Gasteiger partial charge in [0.1, 0.15) is 6.10 Å². The molecule has 2 aliphatic rings.